The molecular weight excluding hydrogens is 450 g/mol. The first kappa shape index (κ1) is 23.4. The number of aryl methyl sites for hydroxylation is 1. The van der Waals surface area contributed by atoms with Crippen molar-refractivity contribution in [1.82, 2.24) is 9.55 Å². The molecule has 0 spiro atoms. The summed E-state index contributed by atoms with van der Waals surface area (Å²) in [5.41, 5.74) is 3.41. The highest BCUT2D eigenvalue weighted by atomic mass is 32.1. The summed E-state index contributed by atoms with van der Waals surface area (Å²) < 4.78 is 6.41. The molecule has 7 nitrogen and oxygen atoms in total. The lowest BCUT2D eigenvalue weighted by molar-refractivity contribution is -0.119. The second-order valence-electron chi connectivity index (χ2n) is 7.87. The smallest absolute Gasteiger partial charge is 0.338 e. The minimum Gasteiger partial charge on any atom is -0.462 e. The van der Waals surface area contributed by atoms with Gasteiger partial charge in [-0.25, -0.2) is 9.78 Å². The number of ether oxygens (including phenoxy) is 1. The van der Waals surface area contributed by atoms with Gasteiger partial charge in [-0.05, 0) is 44.0 Å². The summed E-state index contributed by atoms with van der Waals surface area (Å²) in [7, 11) is 0. The molecule has 4 aromatic rings. The Hall–Kier alpha value is -3.78. The van der Waals surface area contributed by atoms with Gasteiger partial charge in [0.1, 0.15) is 10.9 Å². The van der Waals surface area contributed by atoms with Crippen LogP contribution in [0.15, 0.2) is 65.0 Å². The summed E-state index contributed by atoms with van der Waals surface area (Å²) in [5, 5.41) is 5.25. The molecule has 8 heteroatoms. The fourth-order valence-corrected chi connectivity index (χ4v) is 4.69. The van der Waals surface area contributed by atoms with Crippen LogP contribution in [0.1, 0.15) is 42.2 Å². The third kappa shape index (κ3) is 4.63. The first-order valence-corrected chi connectivity index (χ1v) is 11.9. The third-order valence-electron chi connectivity index (χ3n) is 5.55. The molecule has 1 atom stereocenters. The summed E-state index contributed by atoms with van der Waals surface area (Å²) in [4.78, 5) is 43.8. The van der Waals surface area contributed by atoms with Crippen molar-refractivity contribution in [3.05, 3.63) is 81.7 Å². The van der Waals surface area contributed by atoms with Gasteiger partial charge >= 0.3 is 5.97 Å². The van der Waals surface area contributed by atoms with Gasteiger partial charge in [-0.1, -0.05) is 42.8 Å². The molecule has 0 aliphatic rings. The quantitative estimate of drug-likeness (QED) is 0.371. The molecule has 1 N–H and O–H groups in total. The molecule has 1 amide bonds. The molecule has 2 heterocycles. The van der Waals surface area contributed by atoms with E-state index in [1.807, 2.05) is 43.5 Å². The summed E-state index contributed by atoms with van der Waals surface area (Å²) in [6.07, 6.45) is 1.82. The molecule has 174 valence electrons. The van der Waals surface area contributed by atoms with E-state index in [0.717, 1.165) is 16.7 Å². The van der Waals surface area contributed by atoms with Gasteiger partial charge < -0.3 is 10.1 Å². The van der Waals surface area contributed by atoms with Gasteiger partial charge in [0.05, 0.1) is 23.9 Å². The van der Waals surface area contributed by atoms with Crippen LogP contribution in [0, 0.1) is 6.92 Å². The van der Waals surface area contributed by atoms with Crippen LogP contribution >= 0.6 is 11.3 Å². The predicted molar refractivity (Wildman–Crippen MR) is 134 cm³/mol. The molecule has 0 saturated carbocycles. The number of esters is 1. The molecule has 0 aliphatic carbocycles. The molecule has 0 bridgehead atoms. The van der Waals surface area contributed by atoms with E-state index < -0.39 is 12.0 Å². The molecule has 2 aromatic heterocycles. The van der Waals surface area contributed by atoms with Crippen LogP contribution in [-0.4, -0.2) is 28.0 Å². The van der Waals surface area contributed by atoms with Crippen LogP contribution in [0.4, 0.5) is 5.69 Å². The highest BCUT2D eigenvalue weighted by molar-refractivity contribution is 7.17. The van der Waals surface area contributed by atoms with Crippen molar-refractivity contribution in [1.29, 1.82) is 0 Å². The molecule has 0 saturated heterocycles. The average Bonchev–Trinajstić information content (AvgIpc) is 3.27. The molecule has 34 heavy (non-hydrogen) atoms. The SMILES string of the molecule is CCOC(=O)c1cccc(NC(=O)C(CC)n2cnc3scc(-c4ccc(C)cc4)c3c2=O)c1. The Morgan fingerprint density at radius 3 is 2.62 bits per heavy atom. The standard InChI is InChI=1S/C26H25N3O4S/c1-4-21(23(30)28-19-8-6-7-18(13-19)26(32)33-5-2)29-15-27-24-22(25(29)31)20(14-34-24)17-11-9-16(3)10-12-17/h6-15,21H,4-5H2,1-3H3,(H,28,30). The zero-order valence-corrected chi connectivity index (χ0v) is 20.0. The van der Waals surface area contributed by atoms with E-state index in [9.17, 15) is 14.4 Å². The van der Waals surface area contributed by atoms with Gasteiger partial charge in [-0.3, -0.25) is 14.2 Å². The van der Waals surface area contributed by atoms with Gasteiger partial charge in [0.15, 0.2) is 0 Å². The van der Waals surface area contributed by atoms with Gasteiger partial charge in [0.25, 0.3) is 5.56 Å². The van der Waals surface area contributed by atoms with Crippen molar-refractivity contribution < 1.29 is 14.3 Å². The number of amides is 1. The van der Waals surface area contributed by atoms with E-state index in [-0.39, 0.29) is 18.1 Å². The Balaban J connectivity index is 1.67. The molecule has 1 unspecified atom stereocenters. The lowest BCUT2D eigenvalue weighted by Gasteiger charge is -2.18. The largest absolute Gasteiger partial charge is 0.462 e. The number of carbonyl (C=O) groups is 2. The van der Waals surface area contributed by atoms with Gasteiger partial charge in [0.2, 0.25) is 5.91 Å². The number of aromatic nitrogens is 2. The first-order valence-electron chi connectivity index (χ1n) is 11.1. The number of nitrogens with one attached hydrogen (secondary N) is 1. The number of carbonyl (C=O) groups excluding carboxylic acids is 2. The van der Waals surface area contributed by atoms with E-state index in [0.29, 0.717) is 27.9 Å². The average molecular weight is 476 g/mol. The van der Waals surface area contributed by atoms with Crippen LogP contribution in [-0.2, 0) is 9.53 Å². The minimum absolute atomic E-state index is 0.260. The number of anilines is 1. The molecule has 0 fully saturated rings. The van der Waals surface area contributed by atoms with Crippen LogP contribution in [0.3, 0.4) is 0 Å². The maximum atomic E-state index is 13.5. The number of hydrogen-bond acceptors (Lipinski definition) is 6. The second-order valence-corrected chi connectivity index (χ2v) is 8.73. The Morgan fingerprint density at radius 1 is 1.15 bits per heavy atom. The van der Waals surface area contributed by atoms with Crippen molar-refractivity contribution in [2.45, 2.75) is 33.2 Å². The number of nitrogens with zero attached hydrogens (tertiary/aromatic N) is 2. The molecule has 0 radical (unpaired) electrons. The zero-order chi connectivity index (χ0) is 24.2. The Bertz CT molecular complexity index is 1410. The van der Waals surface area contributed by atoms with Crippen LogP contribution in [0.2, 0.25) is 0 Å². The first-order chi connectivity index (χ1) is 16.4. The van der Waals surface area contributed by atoms with Crippen LogP contribution in [0.25, 0.3) is 21.3 Å². The third-order valence-corrected chi connectivity index (χ3v) is 6.43. The van der Waals surface area contributed by atoms with Gasteiger partial charge in [-0.2, -0.15) is 0 Å². The number of benzene rings is 2. The molecule has 2 aromatic carbocycles. The predicted octanol–water partition coefficient (Wildman–Crippen LogP) is 5.20. The molecular formula is C26H25N3O4S. The normalized spacial score (nSPS) is 11.9. The van der Waals surface area contributed by atoms with Crippen molar-refractivity contribution >= 4 is 39.1 Å². The lowest BCUT2D eigenvalue weighted by Crippen LogP contribution is -2.33. The van der Waals surface area contributed by atoms with Crippen molar-refractivity contribution in [2.24, 2.45) is 0 Å². The summed E-state index contributed by atoms with van der Waals surface area (Å²) >= 11 is 1.41. The second kappa shape index (κ2) is 10.0. The topological polar surface area (TPSA) is 90.3 Å². The van der Waals surface area contributed by atoms with Crippen molar-refractivity contribution in [3.8, 4) is 11.1 Å². The summed E-state index contributed by atoms with van der Waals surface area (Å²) in [6, 6.07) is 13.7. The van der Waals surface area contributed by atoms with Gasteiger partial charge in [-0.15, -0.1) is 11.3 Å². The van der Waals surface area contributed by atoms with Crippen LogP contribution in [0.5, 0.6) is 0 Å². The lowest BCUT2D eigenvalue weighted by atomic mass is 10.0. The zero-order valence-electron chi connectivity index (χ0n) is 19.2. The Labute approximate surface area is 201 Å². The Morgan fingerprint density at radius 2 is 1.91 bits per heavy atom. The maximum absolute atomic E-state index is 13.5. The fraction of sp³-hybridized carbons (Fsp3) is 0.231. The number of fused-ring (bicyclic) bond motifs is 1. The minimum atomic E-state index is -0.763. The fourth-order valence-electron chi connectivity index (χ4n) is 3.79. The van der Waals surface area contributed by atoms with Crippen LogP contribution < -0.4 is 10.9 Å². The maximum Gasteiger partial charge on any atom is 0.338 e. The highest BCUT2D eigenvalue weighted by Gasteiger charge is 2.23. The summed E-state index contributed by atoms with van der Waals surface area (Å²) in [5.74, 6) is -0.823. The monoisotopic (exact) mass is 475 g/mol. The number of rotatable bonds is 7. The van der Waals surface area contributed by atoms with E-state index in [1.54, 1.807) is 31.2 Å². The van der Waals surface area contributed by atoms with E-state index >= 15 is 0 Å². The highest BCUT2D eigenvalue weighted by Crippen LogP contribution is 2.31. The molecule has 0 aliphatic heterocycles. The van der Waals surface area contributed by atoms with E-state index in [4.69, 9.17) is 4.74 Å². The van der Waals surface area contributed by atoms with E-state index in [2.05, 4.69) is 10.3 Å². The van der Waals surface area contributed by atoms with Crippen molar-refractivity contribution in [3.63, 3.8) is 0 Å². The summed E-state index contributed by atoms with van der Waals surface area (Å²) in [6.45, 7) is 5.84. The number of hydrogen-bond donors (Lipinski definition) is 1. The van der Waals surface area contributed by atoms with E-state index in [1.165, 1.54) is 22.2 Å². The number of thiophene rings is 1. The van der Waals surface area contributed by atoms with Gasteiger partial charge in [0, 0.05) is 16.6 Å². The van der Waals surface area contributed by atoms with Crippen molar-refractivity contribution in [2.75, 3.05) is 11.9 Å². The Kier molecular flexibility index (Phi) is 6.88. The molecule has 4 rings (SSSR count).